The number of nitrogens with one attached hydrogen (secondary N) is 1. The molecular formula is C18H25F2N3O4S. The second kappa shape index (κ2) is 6.68. The number of nitrogens with two attached hydrogens (primary N) is 1. The van der Waals surface area contributed by atoms with Crippen molar-refractivity contribution in [3.63, 3.8) is 0 Å². The third kappa shape index (κ3) is 3.69. The highest BCUT2D eigenvalue weighted by atomic mass is 32.2. The van der Waals surface area contributed by atoms with Crippen LogP contribution in [0.15, 0.2) is 23.2 Å². The van der Waals surface area contributed by atoms with Crippen LogP contribution in [0.1, 0.15) is 47.1 Å². The maximum Gasteiger partial charge on any atom is 0.413 e. The third-order valence-electron chi connectivity index (χ3n) is 4.50. The van der Waals surface area contributed by atoms with Gasteiger partial charge in [0.2, 0.25) is 5.50 Å². The summed E-state index contributed by atoms with van der Waals surface area (Å²) >= 11 is 0. The van der Waals surface area contributed by atoms with Gasteiger partial charge in [0, 0.05) is 11.3 Å². The molecule has 0 aliphatic carbocycles. The third-order valence-corrected chi connectivity index (χ3v) is 7.11. The van der Waals surface area contributed by atoms with E-state index in [1.54, 1.807) is 20.8 Å². The molecule has 28 heavy (non-hydrogen) atoms. The Morgan fingerprint density at radius 2 is 1.86 bits per heavy atom. The summed E-state index contributed by atoms with van der Waals surface area (Å²) < 4.78 is 58.7. The molecular weight excluding hydrogens is 392 g/mol. The summed E-state index contributed by atoms with van der Waals surface area (Å²) in [7, 11) is -4.54. The lowest BCUT2D eigenvalue weighted by Crippen LogP contribution is -2.60. The number of carbonyl (C=O) groups excluding carboxylic acids is 1. The van der Waals surface area contributed by atoms with Gasteiger partial charge in [-0.15, -0.1) is 0 Å². The van der Waals surface area contributed by atoms with E-state index in [4.69, 9.17) is 10.5 Å². The van der Waals surface area contributed by atoms with Gasteiger partial charge < -0.3 is 10.5 Å². The second-order valence-corrected chi connectivity index (χ2v) is 10.9. The first kappa shape index (κ1) is 22.1. The number of sulfone groups is 1. The van der Waals surface area contributed by atoms with Gasteiger partial charge in [-0.05, 0) is 59.7 Å². The Labute approximate surface area is 163 Å². The molecule has 0 saturated heterocycles. The number of alkyl halides is 1. The number of hydrogen-bond donors (Lipinski definition) is 2. The molecule has 0 aromatic heterocycles. The number of amides is 1. The Morgan fingerprint density at radius 1 is 1.29 bits per heavy atom. The van der Waals surface area contributed by atoms with E-state index in [0.717, 1.165) is 19.1 Å². The largest absolute Gasteiger partial charge is 0.444 e. The van der Waals surface area contributed by atoms with Crippen LogP contribution in [0.25, 0.3) is 0 Å². The molecule has 0 unspecified atom stereocenters. The molecule has 1 amide bonds. The lowest BCUT2D eigenvalue weighted by molar-refractivity contribution is 0.0560. The quantitative estimate of drug-likeness (QED) is 0.683. The van der Waals surface area contributed by atoms with E-state index in [2.05, 4.69) is 10.3 Å². The molecule has 1 aromatic carbocycles. The molecule has 1 aliphatic heterocycles. The Hall–Kier alpha value is -2.23. The van der Waals surface area contributed by atoms with Crippen molar-refractivity contribution < 1.29 is 26.7 Å². The standard InChI is InChI=1S/C18H25F2N3O4S/c1-16(2,3)27-15(24)22-14-17(4,5)28(25,26)13(20)18(6,23-14)11-9-10(21)7-8-12(11)19/h7-9,13H,21H2,1-6H3,(H,22,23,24)/t13-,18+/m0/s1. The number of halogens is 2. The van der Waals surface area contributed by atoms with Gasteiger partial charge in [0.1, 0.15) is 27.5 Å². The fraction of sp³-hybridized carbons (Fsp3) is 0.556. The Morgan fingerprint density at radius 3 is 2.39 bits per heavy atom. The first-order chi connectivity index (χ1) is 12.5. The molecule has 156 valence electrons. The molecule has 1 aliphatic rings. The van der Waals surface area contributed by atoms with Crippen molar-refractivity contribution in [3.05, 3.63) is 29.6 Å². The van der Waals surface area contributed by atoms with Crippen LogP contribution >= 0.6 is 0 Å². The molecule has 1 aromatic rings. The van der Waals surface area contributed by atoms with E-state index in [-0.39, 0.29) is 17.1 Å². The molecule has 3 N–H and O–H groups in total. The van der Waals surface area contributed by atoms with Gasteiger partial charge in [-0.1, -0.05) is 0 Å². The number of alkyl carbamates (subject to hydrolysis) is 1. The molecule has 1 heterocycles. The number of carbonyl (C=O) groups is 1. The molecule has 0 spiro atoms. The SMILES string of the molecule is CC(C)(C)OC(=O)NC1=N[C@](C)(c2cc(N)ccc2F)[C@@H](F)S(=O)(=O)C1(C)C. The Balaban J connectivity index is 2.66. The topological polar surface area (TPSA) is 111 Å². The number of ether oxygens (including phenoxy) is 1. The van der Waals surface area contributed by atoms with E-state index in [0.29, 0.717) is 0 Å². The molecule has 0 radical (unpaired) electrons. The molecule has 0 saturated carbocycles. The van der Waals surface area contributed by atoms with Crippen molar-refractivity contribution in [1.82, 2.24) is 5.32 Å². The first-order valence-electron chi connectivity index (χ1n) is 8.56. The number of benzene rings is 1. The summed E-state index contributed by atoms with van der Waals surface area (Å²) in [5, 5.41) is 2.29. The minimum atomic E-state index is -4.54. The Kier molecular flexibility index (Phi) is 5.26. The molecule has 0 bridgehead atoms. The summed E-state index contributed by atoms with van der Waals surface area (Å²) in [5.74, 6) is -1.21. The zero-order valence-electron chi connectivity index (χ0n) is 16.6. The van der Waals surface area contributed by atoms with Crippen molar-refractivity contribution >= 4 is 27.5 Å². The molecule has 10 heteroatoms. The number of amidine groups is 1. The number of rotatable bonds is 1. The highest BCUT2D eigenvalue weighted by Crippen LogP contribution is 2.44. The van der Waals surface area contributed by atoms with E-state index in [1.165, 1.54) is 19.9 Å². The summed E-state index contributed by atoms with van der Waals surface area (Å²) in [6.07, 6.45) is -0.956. The van der Waals surface area contributed by atoms with E-state index >= 15 is 4.39 Å². The van der Waals surface area contributed by atoms with Gasteiger partial charge in [0.05, 0.1) is 0 Å². The normalized spacial score (nSPS) is 26.3. The number of nitrogens with zero attached hydrogens (tertiary/aromatic N) is 1. The van der Waals surface area contributed by atoms with Crippen molar-refractivity contribution in [2.24, 2.45) is 4.99 Å². The molecule has 7 nitrogen and oxygen atoms in total. The fourth-order valence-corrected chi connectivity index (χ4v) is 4.47. The summed E-state index contributed by atoms with van der Waals surface area (Å²) in [6.45, 7) is 8.43. The zero-order valence-corrected chi connectivity index (χ0v) is 17.4. The van der Waals surface area contributed by atoms with Crippen molar-refractivity contribution in [2.45, 2.75) is 62.9 Å². The number of hydrogen-bond acceptors (Lipinski definition) is 6. The van der Waals surface area contributed by atoms with E-state index < -0.39 is 43.1 Å². The van der Waals surface area contributed by atoms with Crippen LogP contribution in [0, 0.1) is 5.82 Å². The van der Waals surface area contributed by atoms with Crippen molar-refractivity contribution in [2.75, 3.05) is 5.73 Å². The van der Waals surface area contributed by atoms with Crippen molar-refractivity contribution in [3.8, 4) is 0 Å². The van der Waals surface area contributed by atoms with Crippen LogP contribution < -0.4 is 11.1 Å². The fourth-order valence-electron chi connectivity index (χ4n) is 2.81. The lowest BCUT2D eigenvalue weighted by Gasteiger charge is -2.41. The van der Waals surface area contributed by atoms with E-state index in [9.17, 15) is 17.6 Å². The molecule has 2 atom stereocenters. The predicted octanol–water partition coefficient (Wildman–Crippen LogP) is 3.05. The minimum absolute atomic E-state index is 0.115. The highest BCUT2D eigenvalue weighted by Gasteiger charge is 2.59. The monoisotopic (exact) mass is 417 g/mol. The average molecular weight is 417 g/mol. The predicted molar refractivity (Wildman–Crippen MR) is 103 cm³/mol. The summed E-state index contributed by atoms with van der Waals surface area (Å²) in [4.78, 5) is 16.3. The van der Waals surface area contributed by atoms with Gasteiger partial charge in [0.15, 0.2) is 9.84 Å². The number of anilines is 1. The number of aliphatic imine (C=N–C) groups is 1. The summed E-state index contributed by atoms with van der Waals surface area (Å²) in [6, 6.07) is 3.40. The molecule has 0 fully saturated rings. The van der Waals surface area contributed by atoms with Gasteiger partial charge in [0.25, 0.3) is 0 Å². The molecule has 2 rings (SSSR count). The first-order valence-corrected chi connectivity index (χ1v) is 10.1. The van der Waals surface area contributed by atoms with Crippen LogP contribution in [0.4, 0.5) is 19.3 Å². The summed E-state index contributed by atoms with van der Waals surface area (Å²) in [5.41, 5.74) is -0.116. The Bertz CT molecular complexity index is 939. The van der Waals surface area contributed by atoms with Crippen LogP contribution in [-0.4, -0.2) is 36.2 Å². The van der Waals surface area contributed by atoms with Crippen LogP contribution in [-0.2, 0) is 20.1 Å². The minimum Gasteiger partial charge on any atom is -0.444 e. The highest BCUT2D eigenvalue weighted by molar-refractivity contribution is 7.94. The smallest absolute Gasteiger partial charge is 0.413 e. The van der Waals surface area contributed by atoms with Gasteiger partial charge in [-0.2, -0.15) is 0 Å². The number of nitrogen functional groups attached to an aromatic ring is 1. The van der Waals surface area contributed by atoms with Crippen LogP contribution in [0.5, 0.6) is 0 Å². The maximum atomic E-state index is 15.2. The zero-order chi connectivity index (χ0) is 21.7. The van der Waals surface area contributed by atoms with Crippen LogP contribution in [0.3, 0.4) is 0 Å². The van der Waals surface area contributed by atoms with Gasteiger partial charge in [-0.25, -0.2) is 22.0 Å². The average Bonchev–Trinajstić information content (AvgIpc) is 2.52. The van der Waals surface area contributed by atoms with Gasteiger partial charge >= 0.3 is 6.09 Å². The van der Waals surface area contributed by atoms with Crippen LogP contribution in [0.2, 0.25) is 0 Å². The second-order valence-electron chi connectivity index (χ2n) is 8.35. The lowest BCUT2D eigenvalue weighted by atomic mass is 9.92. The maximum absolute atomic E-state index is 15.2. The van der Waals surface area contributed by atoms with E-state index in [1.807, 2.05) is 0 Å². The van der Waals surface area contributed by atoms with Gasteiger partial charge in [-0.3, -0.25) is 10.3 Å². The van der Waals surface area contributed by atoms with Crippen molar-refractivity contribution in [1.29, 1.82) is 0 Å².